The topological polar surface area (TPSA) is 59.1 Å². The minimum atomic E-state index is -0.110. The number of methoxy groups -OCH3 is 1. The van der Waals surface area contributed by atoms with Crippen LogP contribution < -0.4 is 9.47 Å². The molecule has 1 aliphatic heterocycles. The summed E-state index contributed by atoms with van der Waals surface area (Å²) in [4.78, 5) is 29.6. The van der Waals surface area contributed by atoms with E-state index in [0.29, 0.717) is 55.4 Å². The van der Waals surface area contributed by atoms with Crippen molar-refractivity contribution in [3.8, 4) is 11.5 Å². The molecule has 6 nitrogen and oxygen atoms in total. The van der Waals surface area contributed by atoms with Crippen molar-refractivity contribution in [2.45, 2.75) is 32.6 Å². The Morgan fingerprint density at radius 2 is 1.84 bits per heavy atom. The summed E-state index contributed by atoms with van der Waals surface area (Å²) in [7, 11) is 3.40. The van der Waals surface area contributed by atoms with Gasteiger partial charge in [-0.2, -0.15) is 0 Å². The lowest BCUT2D eigenvalue weighted by atomic mass is 10.1. The fraction of sp³-hybridized carbons (Fsp3) is 0.440. The van der Waals surface area contributed by atoms with E-state index in [1.54, 1.807) is 37.3 Å². The molecule has 0 aliphatic carbocycles. The maximum Gasteiger partial charge on any atom is 0.257 e. The summed E-state index contributed by atoms with van der Waals surface area (Å²) in [5, 5.41) is 0.502. The fourth-order valence-corrected chi connectivity index (χ4v) is 4.05. The average Bonchev–Trinajstić information content (AvgIpc) is 2.78. The summed E-state index contributed by atoms with van der Waals surface area (Å²) in [5.74, 6) is 1.21. The fourth-order valence-electron chi connectivity index (χ4n) is 3.87. The van der Waals surface area contributed by atoms with Crippen molar-refractivity contribution < 1.29 is 19.1 Å². The molecule has 7 heteroatoms. The van der Waals surface area contributed by atoms with Crippen LogP contribution in [0.3, 0.4) is 0 Å². The van der Waals surface area contributed by atoms with Crippen LogP contribution >= 0.6 is 11.6 Å². The standard InChI is InChI=1S/C25H31ClN2O4/c1-18-7-9-22(31-3)19(15-18)16-24(29)28-12-5-4-11-27(2)25(30)21-17-20(26)8-10-23(21)32-14-6-13-28/h7-10,15,17H,4-6,11-14,16H2,1-3H3. The highest BCUT2D eigenvalue weighted by molar-refractivity contribution is 6.31. The maximum absolute atomic E-state index is 13.1. The summed E-state index contributed by atoms with van der Waals surface area (Å²) in [5.41, 5.74) is 2.46. The van der Waals surface area contributed by atoms with Crippen molar-refractivity contribution in [2.24, 2.45) is 0 Å². The third-order valence-corrected chi connectivity index (χ3v) is 5.89. The number of ether oxygens (including phenoxy) is 2. The van der Waals surface area contributed by atoms with Crippen LogP contribution in [0, 0.1) is 6.92 Å². The van der Waals surface area contributed by atoms with E-state index in [4.69, 9.17) is 21.1 Å². The Labute approximate surface area is 195 Å². The number of rotatable bonds is 3. The average molecular weight is 459 g/mol. The number of carbonyl (C=O) groups excluding carboxylic acids is 2. The predicted octanol–water partition coefficient (Wildman–Crippen LogP) is 4.36. The molecule has 2 aromatic carbocycles. The third-order valence-electron chi connectivity index (χ3n) is 5.65. The van der Waals surface area contributed by atoms with Crippen LogP contribution in [-0.4, -0.2) is 62.0 Å². The molecular weight excluding hydrogens is 428 g/mol. The number of fused-ring (bicyclic) bond motifs is 1. The monoisotopic (exact) mass is 458 g/mol. The molecule has 172 valence electrons. The Hall–Kier alpha value is -2.73. The maximum atomic E-state index is 13.1. The number of hydrogen-bond acceptors (Lipinski definition) is 4. The number of hydrogen-bond donors (Lipinski definition) is 0. The molecule has 1 aliphatic rings. The molecule has 2 amide bonds. The summed E-state index contributed by atoms with van der Waals surface area (Å²) in [6, 6.07) is 11.0. The predicted molar refractivity (Wildman–Crippen MR) is 126 cm³/mol. The number of nitrogens with zero attached hydrogens (tertiary/aromatic N) is 2. The van der Waals surface area contributed by atoms with Gasteiger partial charge in [0.2, 0.25) is 5.91 Å². The van der Waals surface area contributed by atoms with Gasteiger partial charge in [-0.05, 0) is 50.5 Å². The van der Waals surface area contributed by atoms with Crippen molar-refractivity contribution in [1.82, 2.24) is 9.80 Å². The van der Waals surface area contributed by atoms with Gasteiger partial charge < -0.3 is 19.3 Å². The van der Waals surface area contributed by atoms with Gasteiger partial charge in [0.25, 0.3) is 5.91 Å². The minimum absolute atomic E-state index is 0.0698. The second kappa shape index (κ2) is 11.2. The van der Waals surface area contributed by atoms with Crippen molar-refractivity contribution in [3.63, 3.8) is 0 Å². The van der Waals surface area contributed by atoms with E-state index in [1.807, 2.05) is 30.0 Å². The second-order valence-corrected chi connectivity index (χ2v) is 8.59. The van der Waals surface area contributed by atoms with Crippen molar-refractivity contribution in [2.75, 3.05) is 40.4 Å². The first kappa shape index (κ1) is 23.9. The minimum Gasteiger partial charge on any atom is -0.496 e. The zero-order chi connectivity index (χ0) is 23.1. The van der Waals surface area contributed by atoms with Crippen molar-refractivity contribution in [1.29, 1.82) is 0 Å². The van der Waals surface area contributed by atoms with Gasteiger partial charge in [-0.15, -0.1) is 0 Å². The summed E-state index contributed by atoms with van der Waals surface area (Å²) < 4.78 is 11.3. The molecule has 0 unspecified atom stereocenters. The van der Waals surface area contributed by atoms with Crippen LogP contribution in [0.25, 0.3) is 0 Å². The Morgan fingerprint density at radius 1 is 1.09 bits per heavy atom. The quantitative estimate of drug-likeness (QED) is 0.685. The van der Waals surface area contributed by atoms with Crippen molar-refractivity contribution >= 4 is 23.4 Å². The van der Waals surface area contributed by atoms with Crippen LogP contribution in [0.2, 0.25) is 5.02 Å². The van der Waals surface area contributed by atoms with E-state index in [2.05, 4.69) is 0 Å². The smallest absolute Gasteiger partial charge is 0.257 e. The molecule has 0 saturated carbocycles. The molecule has 2 aromatic rings. The number of amides is 2. The zero-order valence-corrected chi connectivity index (χ0v) is 19.8. The van der Waals surface area contributed by atoms with E-state index < -0.39 is 0 Å². The lowest BCUT2D eigenvalue weighted by Crippen LogP contribution is -2.35. The normalized spacial score (nSPS) is 15.7. The molecule has 0 saturated heterocycles. The Morgan fingerprint density at radius 3 is 2.62 bits per heavy atom. The highest BCUT2D eigenvalue weighted by Gasteiger charge is 2.20. The molecule has 0 fully saturated rings. The number of aryl methyl sites for hydroxylation is 1. The van der Waals surface area contributed by atoms with Gasteiger partial charge in [0.15, 0.2) is 0 Å². The van der Waals surface area contributed by atoms with E-state index >= 15 is 0 Å². The van der Waals surface area contributed by atoms with Gasteiger partial charge in [0.1, 0.15) is 11.5 Å². The SMILES string of the molecule is COc1ccc(C)cc1CC(=O)N1CCCCN(C)C(=O)c2cc(Cl)ccc2OCCC1. The molecule has 32 heavy (non-hydrogen) atoms. The van der Waals surface area contributed by atoms with Gasteiger partial charge in [-0.3, -0.25) is 9.59 Å². The van der Waals surface area contributed by atoms with E-state index in [1.165, 1.54) is 0 Å². The van der Waals surface area contributed by atoms with Crippen LogP contribution in [0.1, 0.15) is 40.7 Å². The van der Waals surface area contributed by atoms with Crippen molar-refractivity contribution in [3.05, 3.63) is 58.1 Å². The number of benzene rings is 2. The van der Waals surface area contributed by atoms with Crippen LogP contribution in [0.5, 0.6) is 11.5 Å². The molecule has 0 radical (unpaired) electrons. The first-order valence-electron chi connectivity index (χ1n) is 11.0. The van der Waals surface area contributed by atoms with E-state index in [-0.39, 0.29) is 11.8 Å². The van der Waals surface area contributed by atoms with E-state index in [0.717, 1.165) is 29.7 Å². The molecular formula is C25H31ClN2O4. The summed E-state index contributed by atoms with van der Waals surface area (Å²) >= 11 is 6.11. The Kier molecular flexibility index (Phi) is 8.39. The van der Waals surface area contributed by atoms with Crippen LogP contribution in [-0.2, 0) is 11.2 Å². The van der Waals surface area contributed by atoms with Gasteiger partial charge in [-0.1, -0.05) is 29.3 Å². The molecule has 3 rings (SSSR count). The largest absolute Gasteiger partial charge is 0.496 e. The second-order valence-electron chi connectivity index (χ2n) is 8.15. The Balaban J connectivity index is 1.72. The molecule has 0 bridgehead atoms. The summed E-state index contributed by atoms with van der Waals surface area (Å²) in [6.07, 6.45) is 2.59. The first-order valence-corrected chi connectivity index (χ1v) is 11.4. The summed E-state index contributed by atoms with van der Waals surface area (Å²) in [6.45, 7) is 4.25. The van der Waals surface area contributed by atoms with Gasteiger partial charge >= 0.3 is 0 Å². The molecule has 1 heterocycles. The molecule has 0 N–H and O–H groups in total. The van der Waals surface area contributed by atoms with Crippen LogP contribution in [0.15, 0.2) is 36.4 Å². The van der Waals surface area contributed by atoms with Gasteiger partial charge in [0.05, 0.1) is 25.7 Å². The molecule has 0 spiro atoms. The lowest BCUT2D eigenvalue weighted by Gasteiger charge is -2.24. The number of halogens is 1. The van der Waals surface area contributed by atoms with Crippen LogP contribution in [0.4, 0.5) is 0 Å². The van der Waals surface area contributed by atoms with E-state index in [9.17, 15) is 9.59 Å². The third kappa shape index (κ3) is 6.16. The lowest BCUT2D eigenvalue weighted by molar-refractivity contribution is -0.130. The number of carbonyl (C=O) groups is 2. The first-order chi connectivity index (χ1) is 15.4. The molecule has 0 aromatic heterocycles. The highest BCUT2D eigenvalue weighted by Crippen LogP contribution is 2.25. The van der Waals surface area contributed by atoms with Gasteiger partial charge in [-0.25, -0.2) is 0 Å². The van der Waals surface area contributed by atoms with Gasteiger partial charge in [0, 0.05) is 37.3 Å². The Bertz CT molecular complexity index is 963. The zero-order valence-electron chi connectivity index (χ0n) is 19.0. The highest BCUT2D eigenvalue weighted by atomic mass is 35.5. The molecule has 0 atom stereocenters.